The first-order valence-electron chi connectivity index (χ1n) is 3.23. The predicted octanol–water partition coefficient (Wildman–Crippen LogP) is 2.51. The van der Waals surface area contributed by atoms with E-state index < -0.39 is 16.4 Å². The number of methoxy groups -OCH3 is 1. The molecule has 0 saturated heterocycles. The van der Waals surface area contributed by atoms with Crippen LogP contribution in [-0.2, 0) is 0 Å². The quantitative estimate of drug-likeness (QED) is 0.598. The molecule has 13 heavy (non-hydrogen) atoms. The van der Waals surface area contributed by atoms with Crippen molar-refractivity contribution in [3.05, 3.63) is 32.5 Å². The SMILES string of the molecule is COc1cc(Br)c(F)c([N+](=O)[O-])c1. The van der Waals surface area contributed by atoms with E-state index in [0.717, 1.165) is 6.07 Å². The van der Waals surface area contributed by atoms with Crippen LogP contribution in [0.2, 0.25) is 0 Å². The Hall–Kier alpha value is -1.17. The molecule has 0 heterocycles. The summed E-state index contributed by atoms with van der Waals surface area (Å²) in [4.78, 5) is 9.53. The highest BCUT2D eigenvalue weighted by Crippen LogP contribution is 2.30. The van der Waals surface area contributed by atoms with Gasteiger partial charge in [-0.2, -0.15) is 4.39 Å². The Labute approximate surface area is 81.6 Å². The first kappa shape index (κ1) is 9.91. The van der Waals surface area contributed by atoms with Crippen LogP contribution in [0.15, 0.2) is 16.6 Å². The van der Waals surface area contributed by atoms with Crippen LogP contribution in [0.5, 0.6) is 5.75 Å². The summed E-state index contributed by atoms with van der Waals surface area (Å²) >= 11 is 2.85. The summed E-state index contributed by atoms with van der Waals surface area (Å²) in [7, 11) is 1.35. The molecule has 0 aliphatic heterocycles. The summed E-state index contributed by atoms with van der Waals surface area (Å²) in [5, 5.41) is 10.3. The minimum Gasteiger partial charge on any atom is -0.496 e. The van der Waals surface area contributed by atoms with Crippen molar-refractivity contribution in [2.75, 3.05) is 7.11 Å². The van der Waals surface area contributed by atoms with Gasteiger partial charge < -0.3 is 4.74 Å². The Bertz CT molecular complexity index is 356. The van der Waals surface area contributed by atoms with Crippen molar-refractivity contribution in [2.45, 2.75) is 0 Å². The lowest BCUT2D eigenvalue weighted by atomic mass is 10.3. The van der Waals surface area contributed by atoms with Crippen molar-refractivity contribution < 1.29 is 14.1 Å². The van der Waals surface area contributed by atoms with Gasteiger partial charge >= 0.3 is 5.69 Å². The molecule has 0 aliphatic rings. The molecule has 0 unspecified atom stereocenters. The molecular formula is C7H5BrFNO3. The summed E-state index contributed by atoms with van der Waals surface area (Å²) in [6.45, 7) is 0. The van der Waals surface area contributed by atoms with Crippen LogP contribution in [0.3, 0.4) is 0 Å². The van der Waals surface area contributed by atoms with Crippen molar-refractivity contribution in [1.29, 1.82) is 0 Å². The summed E-state index contributed by atoms with van der Waals surface area (Å²) in [5.41, 5.74) is -0.605. The largest absolute Gasteiger partial charge is 0.496 e. The first-order chi connectivity index (χ1) is 6.06. The second-order valence-electron chi connectivity index (χ2n) is 2.20. The average molecular weight is 250 g/mol. The van der Waals surface area contributed by atoms with Gasteiger partial charge in [0.1, 0.15) is 5.75 Å². The van der Waals surface area contributed by atoms with E-state index in [-0.39, 0.29) is 10.2 Å². The van der Waals surface area contributed by atoms with Crippen molar-refractivity contribution in [3.8, 4) is 5.75 Å². The van der Waals surface area contributed by atoms with E-state index in [2.05, 4.69) is 15.9 Å². The summed E-state index contributed by atoms with van der Waals surface area (Å²) < 4.78 is 17.8. The number of rotatable bonds is 2. The van der Waals surface area contributed by atoms with Crippen molar-refractivity contribution in [3.63, 3.8) is 0 Å². The molecule has 0 spiro atoms. The molecule has 0 atom stereocenters. The molecule has 1 aromatic rings. The minimum absolute atomic E-state index is 0.0125. The molecule has 0 N–H and O–H groups in total. The second-order valence-corrected chi connectivity index (χ2v) is 3.05. The molecule has 0 radical (unpaired) electrons. The fourth-order valence-corrected chi connectivity index (χ4v) is 1.23. The Morgan fingerprint density at radius 3 is 2.69 bits per heavy atom. The van der Waals surface area contributed by atoms with Gasteiger partial charge in [0.2, 0.25) is 5.82 Å². The van der Waals surface area contributed by atoms with Crippen molar-refractivity contribution in [2.24, 2.45) is 0 Å². The molecular weight excluding hydrogens is 245 g/mol. The van der Waals surface area contributed by atoms with E-state index >= 15 is 0 Å². The van der Waals surface area contributed by atoms with Gasteiger partial charge in [0.15, 0.2) is 0 Å². The second kappa shape index (κ2) is 3.69. The molecule has 0 saturated carbocycles. The van der Waals surface area contributed by atoms with Crippen LogP contribution in [0, 0.1) is 15.9 Å². The number of nitro benzene ring substituents is 1. The summed E-state index contributed by atoms with van der Waals surface area (Å²) in [5.74, 6) is -0.661. The van der Waals surface area contributed by atoms with E-state index in [1.165, 1.54) is 13.2 Å². The maximum atomic E-state index is 13.0. The maximum Gasteiger partial charge on any atom is 0.309 e. The highest BCUT2D eigenvalue weighted by Gasteiger charge is 2.18. The molecule has 0 fully saturated rings. The summed E-state index contributed by atoms with van der Waals surface area (Å²) in [6, 6.07) is 2.35. The average Bonchev–Trinajstić information content (AvgIpc) is 2.09. The summed E-state index contributed by atoms with van der Waals surface area (Å²) in [6.07, 6.45) is 0. The van der Waals surface area contributed by atoms with Gasteiger partial charge in [-0.05, 0) is 22.0 Å². The van der Waals surface area contributed by atoms with E-state index in [0.29, 0.717) is 0 Å². The number of halogens is 2. The smallest absolute Gasteiger partial charge is 0.309 e. The molecule has 0 aromatic heterocycles. The zero-order valence-electron chi connectivity index (χ0n) is 6.58. The lowest BCUT2D eigenvalue weighted by Gasteiger charge is -2.01. The van der Waals surface area contributed by atoms with Gasteiger partial charge in [-0.3, -0.25) is 10.1 Å². The Morgan fingerprint density at radius 2 is 2.23 bits per heavy atom. The van der Waals surface area contributed by atoms with E-state index in [9.17, 15) is 14.5 Å². The Kier molecular flexibility index (Phi) is 2.82. The van der Waals surface area contributed by atoms with Gasteiger partial charge in [0.25, 0.3) is 0 Å². The number of benzene rings is 1. The topological polar surface area (TPSA) is 52.4 Å². The molecule has 0 bridgehead atoms. The van der Waals surface area contributed by atoms with Crippen LogP contribution in [0.1, 0.15) is 0 Å². The van der Waals surface area contributed by atoms with E-state index in [4.69, 9.17) is 4.74 Å². The zero-order chi connectivity index (χ0) is 10.0. The number of nitrogens with zero attached hydrogens (tertiary/aromatic N) is 1. The van der Waals surface area contributed by atoms with Gasteiger partial charge in [0.05, 0.1) is 22.6 Å². The first-order valence-corrected chi connectivity index (χ1v) is 4.03. The molecule has 6 heteroatoms. The van der Waals surface area contributed by atoms with Gasteiger partial charge in [-0.25, -0.2) is 0 Å². The number of nitro groups is 1. The van der Waals surface area contributed by atoms with E-state index in [1.807, 2.05) is 0 Å². The van der Waals surface area contributed by atoms with Crippen LogP contribution in [0.4, 0.5) is 10.1 Å². The third-order valence-electron chi connectivity index (χ3n) is 1.41. The highest BCUT2D eigenvalue weighted by molar-refractivity contribution is 9.10. The molecule has 1 aromatic carbocycles. The monoisotopic (exact) mass is 249 g/mol. The number of ether oxygens (including phenoxy) is 1. The van der Waals surface area contributed by atoms with Crippen LogP contribution < -0.4 is 4.74 Å². The zero-order valence-corrected chi connectivity index (χ0v) is 8.17. The van der Waals surface area contributed by atoms with Crippen LogP contribution in [-0.4, -0.2) is 12.0 Å². The van der Waals surface area contributed by atoms with Crippen molar-refractivity contribution in [1.82, 2.24) is 0 Å². The Morgan fingerprint density at radius 1 is 1.62 bits per heavy atom. The minimum atomic E-state index is -0.897. The number of hydrogen-bond donors (Lipinski definition) is 0. The molecule has 70 valence electrons. The Balaban J connectivity index is 3.33. The van der Waals surface area contributed by atoms with Gasteiger partial charge in [-0.15, -0.1) is 0 Å². The maximum absolute atomic E-state index is 13.0. The number of hydrogen-bond acceptors (Lipinski definition) is 3. The molecule has 0 amide bonds. The fourth-order valence-electron chi connectivity index (χ4n) is 0.801. The van der Waals surface area contributed by atoms with Crippen LogP contribution in [0.25, 0.3) is 0 Å². The predicted molar refractivity (Wildman–Crippen MR) is 47.3 cm³/mol. The van der Waals surface area contributed by atoms with Crippen molar-refractivity contribution >= 4 is 21.6 Å². The molecule has 1 rings (SSSR count). The normalized spacial score (nSPS) is 9.77. The molecule has 4 nitrogen and oxygen atoms in total. The van der Waals surface area contributed by atoms with E-state index in [1.54, 1.807) is 0 Å². The highest BCUT2D eigenvalue weighted by atomic mass is 79.9. The molecule has 0 aliphatic carbocycles. The lowest BCUT2D eigenvalue weighted by Crippen LogP contribution is -1.94. The standard InChI is InChI=1S/C7H5BrFNO3/c1-13-4-2-5(8)7(9)6(3-4)10(11)12/h2-3H,1H3. The van der Waals surface area contributed by atoms with Crippen LogP contribution >= 0.6 is 15.9 Å². The van der Waals surface area contributed by atoms with Gasteiger partial charge in [0, 0.05) is 0 Å². The fraction of sp³-hybridized carbons (Fsp3) is 0.143. The van der Waals surface area contributed by atoms with Gasteiger partial charge in [-0.1, -0.05) is 0 Å². The third-order valence-corrected chi connectivity index (χ3v) is 1.99. The third kappa shape index (κ3) is 1.95. The lowest BCUT2D eigenvalue weighted by molar-refractivity contribution is -0.387.